The lowest BCUT2D eigenvalue weighted by Gasteiger charge is -2.17. The monoisotopic (exact) mass is 304 g/mol. The quantitative estimate of drug-likeness (QED) is 0.603. The molecular formula is C20H16OS. The van der Waals surface area contributed by atoms with Crippen molar-refractivity contribution in [2.75, 3.05) is 0 Å². The highest BCUT2D eigenvalue weighted by Crippen LogP contribution is 2.44. The molecule has 1 nitrogen and oxygen atoms in total. The van der Waals surface area contributed by atoms with Crippen LogP contribution >= 0.6 is 11.8 Å². The first kappa shape index (κ1) is 13.6. The normalized spacial score (nSPS) is 16.5. The Hall–Kier alpha value is -2.03. The van der Waals surface area contributed by atoms with Crippen molar-refractivity contribution in [1.29, 1.82) is 0 Å². The highest BCUT2D eigenvalue weighted by Gasteiger charge is 2.23. The zero-order valence-corrected chi connectivity index (χ0v) is 12.9. The summed E-state index contributed by atoms with van der Waals surface area (Å²) < 4.78 is 6.22. The van der Waals surface area contributed by atoms with E-state index in [0.29, 0.717) is 6.61 Å². The number of thioether (sulfide) groups is 1. The molecule has 1 aliphatic rings. The SMILES string of the molecule is c1ccc(SC2OCc3ccccc3-c3ccccc32)cc1. The second-order valence-corrected chi connectivity index (χ2v) is 6.45. The molecule has 108 valence electrons. The summed E-state index contributed by atoms with van der Waals surface area (Å²) in [5.41, 5.74) is 5.09. The van der Waals surface area contributed by atoms with Crippen LogP contribution in [0, 0.1) is 0 Å². The lowest BCUT2D eigenvalue weighted by Crippen LogP contribution is -1.98. The molecule has 0 bridgehead atoms. The van der Waals surface area contributed by atoms with E-state index >= 15 is 0 Å². The van der Waals surface area contributed by atoms with Gasteiger partial charge in [-0.1, -0.05) is 78.5 Å². The minimum atomic E-state index is 0.0194. The lowest BCUT2D eigenvalue weighted by atomic mass is 9.97. The van der Waals surface area contributed by atoms with E-state index in [1.807, 2.05) is 6.07 Å². The standard InChI is InChI=1S/C20H16OS/c1-2-9-16(10-3-1)22-20-19-13-7-6-12-18(19)17-11-5-4-8-15(17)14-21-20/h1-13,20H,14H2. The molecule has 3 aromatic rings. The van der Waals surface area contributed by atoms with Crippen LogP contribution in [-0.2, 0) is 11.3 Å². The van der Waals surface area contributed by atoms with Gasteiger partial charge in [0.15, 0.2) is 0 Å². The summed E-state index contributed by atoms with van der Waals surface area (Å²) in [6.45, 7) is 0.648. The van der Waals surface area contributed by atoms with Crippen molar-refractivity contribution >= 4 is 11.8 Å². The Kier molecular flexibility index (Phi) is 3.71. The van der Waals surface area contributed by atoms with Gasteiger partial charge in [0.05, 0.1) is 6.61 Å². The van der Waals surface area contributed by atoms with E-state index in [0.717, 1.165) is 0 Å². The molecule has 1 heterocycles. The van der Waals surface area contributed by atoms with Crippen molar-refractivity contribution in [3.8, 4) is 11.1 Å². The molecule has 2 heteroatoms. The van der Waals surface area contributed by atoms with Gasteiger partial charge in [-0.2, -0.15) is 0 Å². The highest BCUT2D eigenvalue weighted by atomic mass is 32.2. The highest BCUT2D eigenvalue weighted by molar-refractivity contribution is 7.99. The zero-order valence-electron chi connectivity index (χ0n) is 12.1. The van der Waals surface area contributed by atoms with Crippen molar-refractivity contribution in [2.45, 2.75) is 16.9 Å². The zero-order chi connectivity index (χ0) is 14.8. The fraction of sp³-hybridized carbons (Fsp3) is 0.100. The summed E-state index contributed by atoms with van der Waals surface area (Å²) in [6.07, 6.45) is 0. The largest absolute Gasteiger partial charge is 0.358 e. The van der Waals surface area contributed by atoms with Crippen LogP contribution in [0.4, 0.5) is 0 Å². The lowest BCUT2D eigenvalue weighted by molar-refractivity contribution is 0.102. The molecule has 1 atom stereocenters. The molecule has 0 N–H and O–H groups in total. The first-order valence-electron chi connectivity index (χ1n) is 7.42. The van der Waals surface area contributed by atoms with Gasteiger partial charge < -0.3 is 4.74 Å². The summed E-state index contributed by atoms with van der Waals surface area (Å²) in [4.78, 5) is 1.23. The van der Waals surface area contributed by atoms with Gasteiger partial charge in [-0.05, 0) is 34.4 Å². The number of benzene rings is 3. The Bertz CT molecular complexity index is 782. The average molecular weight is 304 g/mol. The Morgan fingerprint density at radius 1 is 0.727 bits per heavy atom. The number of rotatable bonds is 2. The molecule has 4 rings (SSSR count). The van der Waals surface area contributed by atoms with Gasteiger partial charge >= 0.3 is 0 Å². The van der Waals surface area contributed by atoms with Gasteiger partial charge in [0.25, 0.3) is 0 Å². The Morgan fingerprint density at radius 3 is 2.27 bits per heavy atom. The van der Waals surface area contributed by atoms with Crippen molar-refractivity contribution in [3.63, 3.8) is 0 Å². The van der Waals surface area contributed by atoms with Crippen molar-refractivity contribution in [3.05, 3.63) is 90.0 Å². The molecule has 0 saturated carbocycles. The summed E-state index contributed by atoms with van der Waals surface area (Å²) in [6, 6.07) is 27.5. The van der Waals surface area contributed by atoms with Crippen LogP contribution < -0.4 is 0 Å². The van der Waals surface area contributed by atoms with E-state index in [4.69, 9.17) is 4.74 Å². The smallest absolute Gasteiger partial charge is 0.133 e. The molecule has 0 amide bonds. The summed E-state index contributed by atoms with van der Waals surface area (Å²) in [5, 5.41) is 0. The fourth-order valence-electron chi connectivity index (χ4n) is 2.83. The molecule has 0 spiro atoms. The topological polar surface area (TPSA) is 9.23 Å². The molecule has 0 aromatic heterocycles. The minimum absolute atomic E-state index is 0.0194. The van der Waals surface area contributed by atoms with E-state index in [1.54, 1.807) is 11.8 Å². The number of hydrogen-bond acceptors (Lipinski definition) is 2. The number of ether oxygens (including phenoxy) is 1. The van der Waals surface area contributed by atoms with Gasteiger partial charge in [0, 0.05) is 4.90 Å². The van der Waals surface area contributed by atoms with Crippen LogP contribution in [0.5, 0.6) is 0 Å². The van der Waals surface area contributed by atoms with Crippen LogP contribution in [0.25, 0.3) is 11.1 Å². The van der Waals surface area contributed by atoms with E-state index in [-0.39, 0.29) is 5.44 Å². The number of hydrogen-bond donors (Lipinski definition) is 0. The van der Waals surface area contributed by atoms with Gasteiger partial charge in [-0.25, -0.2) is 0 Å². The molecule has 0 saturated heterocycles. The van der Waals surface area contributed by atoms with E-state index in [2.05, 4.69) is 72.8 Å². The predicted octanol–water partition coefficient (Wildman–Crippen LogP) is 5.67. The third-order valence-corrected chi connectivity index (χ3v) is 5.05. The fourth-order valence-corrected chi connectivity index (χ4v) is 3.86. The maximum absolute atomic E-state index is 6.22. The van der Waals surface area contributed by atoms with E-state index < -0.39 is 0 Å². The van der Waals surface area contributed by atoms with E-state index in [9.17, 15) is 0 Å². The van der Waals surface area contributed by atoms with Crippen molar-refractivity contribution in [1.82, 2.24) is 0 Å². The summed E-state index contributed by atoms with van der Waals surface area (Å²) in [5.74, 6) is 0. The Labute approximate surface area is 135 Å². The van der Waals surface area contributed by atoms with Crippen LogP contribution in [0.2, 0.25) is 0 Å². The maximum Gasteiger partial charge on any atom is 0.133 e. The Morgan fingerprint density at radius 2 is 1.41 bits per heavy atom. The summed E-state index contributed by atoms with van der Waals surface area (Å²) >= 11 is 1.77. The molecule has 3 aromatic carbocycles. The molecule has 0 fully saturated rings. The maximum atomic E-state index is 6.22. The molecule has 1 unspecified atom stereocenters. The molecule has 0 radical (unpaired) electrons. The van der Waals surface area contributed by atoms with Crippen LogP contribution in [0.3, 0.4) is 0 Å². The van der Waals surface area contributed by atoms with Gasteiger partial charge in [0.1, 0.15) is 5.44 Å². The molecule has 0 aliphatic carbocycles. The number of fused-ring (bicyclic) bond motifs is 3. The molecule has 22 heavy (non-hydrogen) atoms. The van der Waals surface area contributed by atoms with Gasteiger partial charge in [0.2, 0.25) is 0 Å². The average Bonchev–Trinajstić information content (AvgIpc) is 2.74. The second-order valence-electron chi connectivity index (χ2n) is 5.32. The first-order chi connectivity index (χ1) is 10.9. The van der Waals surface area contributed by atoms with Crippen molar-refractivity contribution in [2.24, 2.45) is 0 Å². The summed E-state index contributed by atoms with van der Waals surface area (Å²) in [7, 11) is 0. The van der Waals surface area contributed by atoms with Crippen LogP contribution in [0.1, 0.15) is 16.6 Å². The van der Waals surface area contributed by atoms with E-state index in [1.165, 1.54) is 27.1 Å². The second kappa shape index (κ2) is 5.99. The molecular weight excluding hydrogens is 288 g/mol. The van der Waals surface area contributed by atoms with Crippen molar-refractivity contribution < 1.29 is 4.74 Å². The Balaban J connectivity index is 1.77. The molecule has 1 aliphatic heterocycles. The third kappa shape index (κ3) is 2.56. The van der Waals surface area contributed by atoms with Crippen LogP contribution in [-0.4, -0.2) is 0 Å². The minimum Gasteiger partial charge on any atom is -0.358 e. The first-order valence-corrected chi connectivity index (χ1v) is 8.30. The van der Waals surface area contributed by atoms with Crippen LogP contribution in [0.15, 0.2) is 83.8 Å². The van der Waals surface area contributed by atoms with Gasteiger partial charge in [-0.15, -0.1) is 0 Å². The predicted molar refractivity (Wildman–Crippen MR) is 91.7 cm³/mol. The third-order valence-electron chi connectivity index (χ3n) is 3.90. The van der Waals surface area contributed by atoms with Gasteiger partial charge in [-0.3, -0.25) is 0 Å².